The van der Waals surface area contributed by atoms with Gasteiger partial charge in [-0.3, -0.25) is 10.2 Å². The Morgan fingerprint density at radius 2 is 1.57 bits per heavy atom. The van der Waals surface area contributed by atoms with Crippen LogP contribution >= 0.6 is 0 Å². The molecule has 0 atom stereocenters. The SMILES string of the molecule is COc1cccc(Nc2[nH][nH]c3c4cc(OC)c(OC)cc4c(C(C)C)c2-3)c1. The van der Waals surface area contributed by atoms with Crippen LogP contribution in [0.3, 0.4) is 0 Å². The molecule has 28 heavy (non-hydrogen) atoms. The third-order valence-electron chi connectivity index (χ3n) is 5.08. The van der Waals surface area contributed by atoms with Crippen molar-refractivity contribution in [2.75, 3.05) is 26.6 Å². The molecule has 0 aromatic heterocycles. The quantitative estimate of drug-likeness (QED) is 0.414. The maximum Gasteiger partial charge on any atom is 0.161 e. The molecule has 0 bridgehead atoms. The maximum atomic E-state index is 5.53. The van der Waals surface area contributed by atoms with Gasteiger partial charge in [0.25, 0.3) is 0 Å². The molecule has 1 aliphatic carbocycles. The van der Waals surface area contributed by atoms with Crippen molar-refractivity contribution < 1.29 is 14.2 Å². The molecule has 1 aliphatic heterocycles. The summed E-state index contributed by atoms with van der Waals surface area (Å²) < 4.78 is 16.4. The van der Waals surface area contributed by atoms with Crippen molar-refractivity contribution in [1.29, 1.82) is 0 Å². The minimum absolute atomic E-state index is 0.327. The third kappa shape index (κ3) is 2.81. The second-order valence-electron chi connectivity index (χ2n) is 7.05. The number of rotatable bonds is 6. The van der Waals surface area contributed by atoms with Gasteiger partial charge in [-0.25, -0.2) is 0 Å². The van der Waals surface area contributed by atoms with Gasteiger partial charge in [0.1, 0.15) is 11.6 Å². The van der Waals surface area contributed by atoms with E-state index in [1.165, 1.54) is 5.56 Å². The molecule has 146 valence electrons. The number of methoxy groups -OCH3 is 3. The van der Waals surface area contributed by atoms with Crippen LogP contribution in [0.4, 0.5) is 11.5 Å². The van der Waals surface area contributed by atoms with E-state index < -0.39 is 0 Å². The van der Waals surface area contributed by atoms with Gasteiger partial charge >= 0.3 is 0 Å². The number of benzene rings is 2. The van der Waals surface area contributed by atoms with Gasteiger partial charge in [-0.05, 0) is 41.1 Å². The summed E-state index contributed by atoms with van der Waals surface area (Å²) in [7, 11) is 4.99. The van der Waals surface area contributed by atoms with Gasteiger partial charge in [-0.15, -0.1) is 0 Å². The lowest BCUT2D eigenvalue weighted by Crippen LogP contribution is -1.95. The zero-order chi connectivity index (χ0) is 19.8. The van der Waals surface area contributed by atoms with Gasteiger partial charge in [0.2, 0.25) is 0 Å². The average molecular weight is 379 g/mol. The molecule has 3 N–H and O–H groups in total. The molecule has 2 aromatic carbocycles. The van der Waals surface area contributed by atoms with Crippen molar-refractivity contribution in [3.05, 3.63) is 42.0 Å². The molecule has 2 aromatic rings. The number of ether oxygens (including phenoxy) is 3. The number of nitrogens with one attached hydrogen (secondary N) is 3. The van der Waals surface area contributed by atoms with Crippen LogP contribution in [0.15, 0.2) is 36.4 Å². The summed E-state index contributed by atoms with van der Waals surface area (Å²) in [6, 6.07) is 12.0. The van der Waals surface area contributed by atoms with Gasteiger partial charge in [-0.2, -0.15) is 0 Å². The lowest BCUT2D eigenvalue weighted by Gasteiger charge is -2.11. The third-order valence-corrected chi connectivity index (χ3v) is 5.08. The molecule has 0 spiro atoms. The summed E-state index contributed by atoms with van der Waals surface area (Å²) >= 11 is 0. The second kappa shape index (κ2) is 7.03. The van der Waals surface area contributed by atoms with E-state index in [1.54, 1.807) is 21.3 Å². The Labute approximate surface area is 164 Å². The van der Waals surface area contributed by atoms with Crippen molar-refractivity contribution >= 4 is 22.3 Å². The first-order valence-corrected chi connectivity index (χ1v) is 9.26. The largest absolute Gasteiger partial charge is 0.497 e. The van der Waals surface area contributed by atoms with E-state index in [1.807, 2.05) is 30.3 Å². The fourth-order valence-electron chi connectivity index (χ4n) is 3.83. The molecule has 6 heteroatoms. The van der Waals surface area contributed by atoms with Crippen molar-refractivity contribution in [2.45, 2.75) is 19.8 Å². The van der Waals surface area contributed by atoms with Crippen molar-refractivity contribution in [3.63, 3.8) is 0 Å². The Balaban J connectivity index is 1.90. The van der Waals surface area contributed by atoms with Gasteiger partial charge in [-0.1, -0.05) is 19.9 Å². The van der Waals surface area contributed by atoms with Crippen molar-refractivity contribution in [2.24, 2.45) is 0 Å². The monoisotopic (exact) mass is 379 g/mol. The molecule has 6 nitrogen and oxygen atoms in total. The Bertz CT molecular complexity index is 1090. The second-order valence-corrected chi connectivity index (χ2v) is 7.05. The first kappa shape index (κ1) is 18.1. The van der Waals surface area contributed by atoms with E-state index in [4.69, 9.17) is 14.2 Å². The first-order valence-electron chi connectivity index (χ1n) is 9.26. The lowest BCUT2D eigenvalue weighted by atomic mass is 9.99. The zero-order valence-electron chi connectivity index (χ0n) is 16.8. The number of anilines is 2. The van der Waals surface area contributed by atoms with Gasteiger partial charge in [0.05, 0.1) is 27.0 Å². The molecule has 0 fully saturated rings. The van der Waals surface area contributed by atoms with Crippen molar-refractivity contribution in [1.82, 2.24) is 10.2 Å². The first-order chi connectivity index (χ1) is 13.6. The Hall–Kier alpha value is -3.28. The van der Waals surface area contributed by atoms with E-state index in [2.05, 4.69) is 35.4 Å². The highest BCUT2D eigenvalue weighted by atomic mass is 16.5. The van der Waals surface area contributed by atoms with Crippen LogP contribution in [0.2, 0.25) is 0 Å². The fraction of sp³-hybridized carbons (Fsp3) is 0.273. The van der Waals surface area contributed by atoms with Gasteiger partial charge in [0.15, 0.2) is 11.5 Å². The van der Waals surface area contributed by atoms with Crippen molar-refractivity contribution in [3.8, 4) is 28.5 Å². The summed E-state index contributed by atoms with van der Waals surface area (Å²) in [5.74, 6) is 3.50. The van der Waals surface area contributed by atoms with E-state index in [0.717, 1.165) is 45.0 Å². The molecular formula is C22H25N3O3. The number of aromatic nitrogens is 2. The summed E-state index contributed by atoms with van der Waals surface area (Å²) in [6.07, 6.45) is 0. The molecule has 2 aliphatic rings. The summed E-state index contributed by atoms with van der Waals surface area (Å²) in [5.41, 5.74) is 4.40. The minimum atomic E-state index is 0.327. The van der Waals surface area contributed by atoms with Crippen LogP contribution in [0.25, 0.3) is 22.0 Å². The van der Waals surface area contributed by atoms with E-state index in [-0.39, 0.29) is 0 Å². The summed E-state index contributed by atoms with van der Waals surface area (Å²) in [4.78, 5) is 0. The molecule has 0 radical (unpaired) electrons. The predicted octanol–water partition coefficient (Wildman–Crippen LogP) is 5.49. The Morgan fingerprint density at radius 1 is 0.857 bits per heavy atom. The zero-order valence-corrected chi connectivity index (χ0v) is 16.8. The van der Waals surface area contributed by atoms with E-state index in [0.29, 0.717) is 11.7 Å². The number of hydrogen-bond acceptors (Lipinski definition) is 4. The molecule has 0 saturated carbocycles. The number of fused-ring (bicyclic) bond motifs is 3. The highest BCUT2D eigenvalue weighted by Crippen LogP contribution is 2.48. The van der Waals surface area contributed by atoms with E-state index >= 15 is 0 Å². The smallest absolute Gasteiger partial charge is 0.161 e. The van der Waals surface area contributed by atoms with Gasteiger partial charge < -0.3 is 19.5 Å². The molecular weight excluding hydrogens is 354 g/mol. The predicted molar refractivity (Wildman–Crippen MR) is 113 cm³/mol. The summed E-state index contributed by atoms with van der Waals surface area (Å²) in [5, 5.41) is 12.4. The highest BCUT2D eigenvalue weighted by Gasteiger charge is 2.27. The standard InChI is InChI=1S/C22H25N3O3/c1-12(2)19-15-10-17(27-4)18(28-5)11-16(15)21-20(19)22(25-24-21)23-13-7-6-8-14(9-13)26-3/h6-12,23-25H,1-5H3. The fourth-order valence-corrected chi connectivity index (χ4v) is 3.83. The van der Waals surface area contributed by atoms with Crippen LogP contribution in [-0.4, -0.2) is 31.5 Å². The number of hydrogen-bond donors (Lipinski definition) is 3. The van der Waals surface area contributed by atoms with Crippen LogP contribution in [0.1, 0.15) is 25.3 Å². The Morgan fingerprint density at radius 3 is 2.21 bits per heavy atom. The lowest BCUT2D eigenvalue weighted by molar-refractivity contribution is 0.356. The molecule has 4 rings (SSSR count). The number of aromatic amines is 2. The molecule has 1 heterocycles. The van der Waals surface area contributed by atoms with Crippen LogP contribution in [-0.2, 0) is 0 Å². The average Bonchev–Trinajstić information content (AvgIpc) is 3.24. The molecule has 0 saturated heterocycles. The number of H-pyrrole nitrogens is 2. The molecule has 0 amide bonds. The Kier molecular flexibility index (Phi) is 4.55. The topological polar surface area (TPSA) is 71.3 Å². The van der Waals surface area contributed by atoms with Crippen LogP contribution in [0, 0.1) is 0 Å². The highest BCUT2D eigenvalue weighted by molar-refractivity contribution is 6.09. The molecule has 0 unspecified atom stereocenters. The van der Waals surface area contributed by atoms with Gasteiger partial charge in [0, 0.05) is 22.7 Å². The normalized spacial score (nSPS) is 11.4. The minimum Gasteiger partial charge on any atom is -0.497 e. The van der Waals surface area contributed by atoms with E-state index in [9.17, 15) is 0 Å². The van der Waals surface area contributed by atoms with Crippen LogP contribution in [0.5, 0.6) is 17.2 Å². The van der Waals surface area contributed by atoms with Crippen LogP contribution < -0.4 is 19.5 Å². The maximum absolute atomic E-state index is 5.53. The summed E-state index contributed by atoms with van der Waals surface area (Å²) in [6.45, 7) is 4.40.